The van der Waals surface area contributed by atoms with Gasteiger partial charge >= 0.3 is 0 Å². The van der Waals surface area contributed by atoms with Crippen molar-refractivity contribution in [1.82, 2.24) is 0 Å². The van der Waals surface area contributed by atoms with Gasteiger partial charge in [0.25, 0.3) is 0 Å². The van der Waals surface area contributed by atoms with Gasteiger partial charge < -0.3 is 0 Å². The summed E-state index contributed by atoms with van der Waals surface area (Å²) in [5.74, 6) is -0.0367. The van der Waals surface area contributed by atoms with Crippen LogP contribution >= 0.6 is 11.6 Å². The van der Waals surface area contributed by atoms with Gasteiger partial charge in [-0.3, -0.25) is 4.79 Å². The molecule has 2 aromatic rings. The van der Waals surface area contributed by atoms with Crippen LogP contribution in [0.3, 0.4) is 0 Å². The van der Waals surface area contributed by atoms with Crippen LogP contribution in [0.25, 0.3) is 0 Å². The molecule has 0 radical (unpaired) electrons. The van der Waals surface area contributed by atoms with Crippen molar-refractivity contribution in [1.29, 1.82) is 0 Å². The van der Waals surface area contributed by atoms with Crippen molar-refractivity contribution in [2.24, 2.45) is 0 Å². The van der Waals surface area contributed by atoms with Gasteiger partial charge in [-0.25, -0.2) is 0 Å². The molecule has 0 spiro atoms. The number of ketones is 1. The molecule has 0 N–H and O–H groups in total. The Balaban J connectivity index is 1.96. The third-order valence-electron chi connectivity index (χ3n) is 3.88. The summed E-state index contributed by atoms with van der Waals surface area (Å²) >= 11 is 6.30. The van der Waals surface area contributed by atoms with Gasteiger partial charge in [0, 0.05) is 5.56 Å². The van der Waals surface area contributed by atoms with Crippen LogP contribution in [0.5, 0.6) is 0 Å². The van der Waals surface area contributed by atoms with Gasteiger partial charge in [0.15, 0.2) is 5.78 Å². The summed E-state index contributed by atoms with van der Waals surface area (Å²) in [6.45, 7) is 2.22. The van der Waals surface area contributed by atoms with E-state index in [0.29, 0.717) is 5.56 Å². The largest absolute Gasteiger partial charge is 0.292 e. The predicted molar refractivity (Wildman–Crippen MR) is 93.7 cm³/mol. The highest BCUT2D eigenvalue weighted by molar-refractivity contribution is 6.33. The summed E-state index contributed by atoms with van der Waals surface area (Å²) in [5.41, 5.74) is 2.82. The quantitative estimate of drug-likeness (QED) is 0.333. The molecule has 2 rings (SSSR count). The lowest BCUT2D eigenvalue weighted by atomic mass is 9.99. The van der Waals surface area contributed by atoms with Crippen molar-refractivity contribution >= 4 is 17.4 Å². The van der Waals surface area contributed by atoms with Crippen LogP contribution in [0.2, 0.25) is 0 Å². The molecule has 0 aliphatic carbocycles. The highest BCUT2D eigenvalue weighted by Gasteiger charge is 2.18. The van der Waals surface area contributed by atoms with Crippen molar-refractivity contribution in [3.63, 3.8) is 0 Å². The van der Waals surface area contributed by atoms with Crippen LogP contribution in [-0.2, 0) is 6.42 Å². The van der Waals surface area contributed by atoms with Crippen LogP contribution in [0.1, 0.15) is 59.5 Å². The highest BCUT2D eigenvalue weighted by atomic mass is 35.5. The molecule has 1 unspecified atom stereocenters. The minimum atomic E-state index is -0.614. The number of aryl methyl sites for hydroxylation is 1. The first kappa shape index (κ1) is 16.8. The first-order chi connectivity index (χ1) is 10.7. The summed E-state index contributed by atoms with van der Waals surface area (Å²) in [4.78, 5) is 12.4. The minimum absolute atomic E-state index is 0.0367. The zero-order valence-electron chi connectivity index (χ0n) is 13.1. The third kappa shape index (κ3) is 4.71. The maximum Gasteiger partial charge on any atom is 0.185 e. The van der Waals surface area contributed by atoms with E-state index in [2.05, 4.69) is 6.92 Å². The Bertz CT molecular complexity index is 574. The fourth-order valence-electron chi connectivity index (χ4n) is 2.51. The second kappa shape index (κ2) is 8.75. The lowest BCUT2D eigenvalue weighted by molar-refractivity contribution is 0.0987. The van der Waals surface area contributed by atoms with Gasteiger partial charge in [-0.1, -0.05) is 80.8 Å². The fourth-order valence-corrected chi connectivity index (χ4v) is 2.78. The molecule has 0 aromatic heterocycles. The Morgan fingerprint density at radius 3 is 2.27 bits per heavy atom. The van der Waals surface area contributed by atoms with E-state index in [0.717, 1.165) is 12.0 Å². The average molecular weight is 315 g/mol. The van der Waals surface area contributed by atoms with Gasteiger partial charge in [-0.15, -0.1) is 11.6 Å². The Morgan fingerprint density at radius 2 is 1.64 bits per heavy atom. The number of alkyl halides is 1. The first-order valence-electron chi connectivity index (χ1n) is 8.04. The molecule has 116 valence electrons. The lowest BCUT2D eigenvalue weighted by Gasteiger charge is -2.09. The molecule has 0 bridgehead atoms. The SMILES string of the molecule is CCCCCCc1ccc(C(=O)C(Cl)c2ccccc2)cc1. The molecule has 2 aromatic carbocycles. The molecule has 0 aliphatic rings. The van der Waals surface area contributed by atoms with Gasteiger partial charge in [0.05, 0.1) is 0 Å². The van der Waals surface area contributed by atoms with E-state index in [-0.39, 0.29) is 5.78 Å². The smallest absolute Gasteiger partial charge is 0.185 e. The summed E-state index contributed by atoms with van der Waals surface area (Å²) in [6.07, 6.45) is 6.11. The molecular formula is C20H23ClO. The van der Waals surface area contributed by atoms with E-state index in [1.807, 2.05) is 54.6 Å². The van der Waals surface area contributed by atoms with Gasteiger partial charge in [-0.05, 0) is 24.0 Å². The number of halogens is 1. The van der Waals surface area contributed by atoms with Crippen molar-refractivity contribution < 1.29 is 4.79 Å². The zero-order chi connectivity index (χ0) is 15.8. The fraction of sp³-hybridized carbons (Fsp3) is 0.350. The molecular weight excluding hydrogens is 292 g/mol. The van der Waals surface area contributed by atoms with Crippen molar-refractivity contribution in [3.8, 4) is 0 Å². The van der Waals surface area contributed by atoms with Gasteiger partial charge in [-0.2, -0.15) is 0 Å². The normalized spacial score (nSPS) is 12.1. The Morgan fingerprint density at radius 1 is 0.955 bits per heavy atom. The summed E-state index contributed by atoms with van der Waals surface area (Å²) < 4.78 is 0. The Labute approximate surface area is 138 Å². The molecule has 1 atom stereocenters. The Hall–Kier alpha value is -1.60. The number of hydrogen-bond acceptors (Lipinski definition) is 1. The standard InChI is InChI=1S/C20H23ClO/c1-2-3-4-6-9-16-12-14-18(15-13-16)20(22)19(21)17-10-7-5-8-11-17/h5,7-8,10-15,19H,2-4,6,9H2,1H3. The maximum absolute atomic E-state index is 12.4. The van der Waals surface area contributed by atoms with Gasteiger partial charge in [0.1, 0.15) is 5.38 Å². The molecule has 0 saturated heterocycles. The molecule has 22 heavy (non-hydrogen) atoms. The second-order valence-electron chi connectivity index (χ2n) is 5.65. The molecule has 2 heteroatoms. The van der Waals surface area contributed by atoms with Crippen molar-refractivity contribution in [2.75, 3.05) is 0 Å². The molecule has 0 aliphatic heterocycles. The lowest BCUT2D eigenvalue weighted by Crippen LogP contribution is -2.07. The van der Waals surface area contributed by atoms with Crippen molar-refractivity contribution in [3.05, 3.63) is 71.3 Å². The van der Waals surface area contributed by atoms with Crippen LogP contribution in [0, 0.1) is 0 Å². The molecule has 0 fully saturated rings. The third-order valence-corrected chi connectivity index (χ3v) is 4.33. The summed E-state index contributed by atoms with van der Waals surface area (Å²) in [5, 5.41) is -0.614. The number of benzene rings is 2. The molecule has 0 saturated carbocycles. The van der Waals surface area contributed by atoms with E-state index in [1.165, 1.54) is 31.2 Å². The van der Waals surface area contributed by atoms with E-state index in [9.17, 15) is 4.79 Å². The van der Waals surface area contributed by atoms with Crippen molar-refractivity contribution in [2.45, 2.75) is 44.4 Å². The van der Waals surface area contributed by atoms with Gasteiger partial charge in [0.2, 0.25) is 0 Å². The molecule has 0 amide bonds. The number of hydrogen-bond donors (Lipinski definition) is 0. The molecule has 0 heterocycles. The van der Waals surface area contributed by atoms with E-state index in [1.54, 1.807) is 0 Å². The summed E-state index contributed by atoms with van der Waals surface area (Å²) in [6, 6.07) is 17.4. The predicted octanol–water partition coefficient (Wildman–Crippen LogP) is 5.97. The highest BCUT2D eigenvalue weighted by Crippen LogP contribution is 2.25. The van der Waals surface area contributed by atoms with E-state index < -0.39 is 5.38 Å². The van der Waals surface area contributed by atoms with Crippen LogP contribution in [-0.4, -0.2) is 5.78 Å². The Kier molecular flexibility index (Phi) is 6.67. The number of Topliss-reactive ketones (excluding diaryl/α,β-unsaturated/α-hetero) is 1. The van der Waals surface area contributed by atoms with Crippen LogP contribution in [0.4, 0.5) is 0 Å². The van der Waals surface area contributed by atoms with Crippen LogP contribution < -0.4 is 0 Å². The minimum Gasteiger partial charge on any atom is -0.292 e. The number of carbonyl (C=O) groups is 1. The number of carbonyl (C=O) groups excluding carboxylic acids is 1. The zero-order valence-corrected chi connectivity index (χ0v) is 13.9. The second-order valence-corrected chi connectivity index (χ2v) is 6.08. The van der Waals surface area contributed by atoms with E-state index >= 15 is 0 Å². The average Bonchev–Trinajstić information content (AvgIpc) is 2.59. The van der Waals surface area contributed by atoms with Crippen LogP contribution in [0.15, 0.2) is 54.6 Å². The number of rotatable bonds is 8. The van der Waals surface area contributed by atoms with E-state index in [4.69, 9.17) is 11.6 Å². The number of unbranched alkanes of at least 4 members (excludes halogenated alkanes) is 3. The first-order valence-corrected chi connectivity index (χ1v) is 8.48. The summed E-state index contributed by atoms with van der Waals surface area (Å²) in [7, 11) is 0. The monoisotopic (exact) mass is 314 g/mol. The topological polar surface area (TPSA) is 17.1 Å². The molecule has 1 nitrogen and oxygen atoms in total. The maximum atomic E-state index is 12.4.